The smallest absolute Gasteiger partial charge is 0.369 e. The van der Waals surface area contributed by atoms with E-state index in [0.717, 1.165) is 0 Å². The summed E-state index contributed by atoms with van der Waals surface area (Å²) in [6.45, 7) is 0.995. The molecular formula is C22H25F4N5O. The average Bonchev–Trinajstić information content (AvgIpc) is 3.42. The summed E-state index contributed by atoms with van der Waals surface area (Å²) in [5, 5.41) is 7.43. The molecule has 1 saturated heterocycles. The highest BCUT2D eigenvalue weighted by Crippen LogP contribution is 2.48. The predicted molar refractivity (Wildman–Crippen MR) is 112 cm³/mol. The molecule has 0 aromatic carbocycles. The Balaban J connectivity index is 1.67. The van der Waals surface area contributed by atoms with Crippen molar-refractivity contribution in [3.05, 3.63) is 29.5 Å². The maximum absolute atomic E-state index is 14.5. The highest BCUT2D eigenvalue weighted by atomic mass is 19.4. The number of nitrogens with one attached hydrogen (secondary N) is 1. The van der Waals surface area contributed by atoms with Crippen LogP contribution in [-0.4, -0.2) is 58.9 Å². The summed E-state index contributed by atoms with van der Waals surface area (Å²) in [5.74, 6) is 5.50. The van der Waals surface area contributed by atoms with E-state index >= 15 is 0 Å². The average molecular weight is 451 g/mol. The second-order valence-electron chi connectivity index (χ2n) is 8.77. The number of alkyl halides is 4. The number of likely N-dealkylation sites (tertiary alicyclic amines) is 1. The molecule has 4 rings (SSSR count). The molecule has 0 radical (unpaired) electrons. The zero-order valence-corrected chi connectivity index (χ0v) is 17.7. The van der Waals surface area contributed by atoms with Crippen molar-refractivity contribution in [2.45, 2.75) is 50.5 Å². The number of fused-ring (bicyclic) bond motifs is 1. The Morgan fingerprint density at radius 1 is 1.38 bits per heavy atom. The van der Waals surface area contributed by atoms with Crippen LogP contribution in [0.5, 0.6) is 0 Å². The van der Waals surface area contributed by atoms with Crippen LogP contribution in [0, 0.1) is 17.3 Å². The fourth-order valence-electron chi connectivity index (χ4n) is 4.07. The molecule has 1 amide bonds. The quantitative estimate of drug-likeness (QED) is 0.542. The van der Waals surface area contributed by atoms with Gasteiger partial charge in [0, 0.05) is 25.1 Å². The number of anilines is 1. The first-order valence-electron chi connectivity index (χ1n) is 10.5. The van der Waals surface area contributed by atoms with Crippen LogP contribution in [-0.2, 0) is 11.2 Å². The Kier molecular flexibility index (Phi) is 5.79. The minimum absolute atomic E-state index is 0.00276. The highest BCUT2D eigenvalue weighted by Gasteiger charge is 2.47. The van der Waals surface area contributed by atoms with Gasteiger partial charge in [-0.1, -0.05) is 12.0 Å². The summed E-state index contributed by atoms with van der Waals surface area (Å²) in [6.07, 6.45) is -4.74. The Hall–Kier alpha value is -2.80. The topological polar surface area (TPSA) is 75.7 Å². The van der Waals surface area contributed by atoms with Crippen LogP contribution in [0.15, 0.2) is 18.2 Å². The number of halogens is 4. The number of pyridine rings is 1. The number of amides is 1. The minimum atomic E-state index is -4.45. The molecule has 6 nitrogen and oxygen atoms in total. The lowest BCUT2D eigenvalue weighted by Gasteiger charge is -2.33. The maximum Gasteiger partial charge on any atom is 0.393 e. The van der Waals surface area contributed by atoms with Gasteiger partial charge < -0.3 is 16.0 Å². The molecule has 2 aliphatic rings. The molecule has 32 heavy (non-hydrogen) atoms. The molecule has 3 N–H and O–H groups in total. The lowest BCUT2D eigenvalue weighted by atomic mass is 10.0. The van der Waals surface area contributed by atoms with E-state index in [1.807, 2.05) is 11.9 Å². The number of hydrogen-bond donors (Lipinski definition) is 2. The van der Waals surface area contributed by atoms with Gasteiger partial charge in [-0.25, -0.2) is 8.91 Å². The summed E-state index contributed by atoms with van der Waals surface area (Å²) in [5.41, 5.74) is 4.94. The molecule has 1 aliphatic heterocycles. The van der Waals surface area contributed by atoms with Crippen LogP contribution >= 0.6 is 0 Å². The van der Waals surface area contributed by atoms with E-state index in [2.05, 4.69) is 22.3 Å². The van der Waals surface area contributed by atoms with Crippen LogP contribution in [0.4, 0.5) is 23.4 Å². The van der Waals surface area contributed by atoms with Crippen molar-refractivity contribution >= 4 is 17.2 Å². The largest absolute Gasteiger partial charge is 0.393 e. The van der Waals surface area contributed by atoms with Crippen molar-refractivity contribution in [2.75, 3.05) is 25.5 Å². The first-order valence-corrected chi connectivity index (χ1v) is 10.5. The second kappa shape index (κ2) is 8.28. The van der Waals surface area contributed by atoms with E-state index in [0.29, 0.717) is 31.6 Å². The Labute approximate surface area is 183 Å². The fraction of sp³-hybridized carbons (Fsp3) is 0.545. The number of rotatable bonds is 5. The molecule has 0 bridgehead atoms. The molecule has 1 aliphatic carbocycles. The van der Waals surface area contributed by atoms with Gasteiger partial charge in [-0.3, -0.25) is 4.79 Å². The Bertz CT molecular complexity index is 1080. The van der Waals surface area contributed by atoms with E-state index in [1.54, 1.807) is 12.1 Å². The van der Waals surface area contributed by atoms with Crippen molar-refractivity contribution in [3.63, 3.8) is 0 Å². The lowest BCUT2D eigenvalue weighted by Crippen LogP contribution is -2.46. The zero-order valence-electron chi connectivity index (χ0n) is 17.7. The first-order chi connectivity index (χ1) is 15.1. The van der Waals surface area contributed by atoms with Gasteiger partial charge in [0.2, 0.25) is 5.91 Å². The Morgan fingerprint density at radius 2 is 2.12 bits per heavy atom. The van der Waals surface area contributed by atoms with Gasteiger partial charge in [-0.15, -0.1) is 0 Å². The van der Waals surface area contributed by atoms with Gasteiger partial charge in [-0.05, 0) is 44.4 Å². The van der Waals surface area contributed by atoms with Crippen LogP contribution in [0.2, 0.25) is 0 Å². The normalized spacial score (nSPS) is 22.9. The van der Waals surface area contributed by atoms with Crippen molar-refractivity contribution < 1.29 is 22.4 Å². The van der Waals surface area contributed by atoms with E-state index < -0.39 is 36.1 Å². The van der Waals surface area contributed by atoms with Gasteiger partial charge in [-0.2, -0.15) is 18.3 Å². The van der Waals surface area contributed by atoms with Crippen molar-refractivity contribution in [1.82, 2.24) is 14.5 Å². The molecular weight excluding hydrogens is 426 g/mol. The van der Waals surface area contributed by atoms with Crippen LogP contribution in [0.1, 0.15) is 36.9 Å². The summed E-state index contributed by atoms with van der Waals surface area (Å²) in [4.78, 5) is 13.4. The van der Waals surface area contributed by atoms with Crippen LogP contribution in [0.25, 0.3) is 5.52 Å². The van der Waals surface area contributed by atoms with E-state index in [9.17, 15) is 22.4 Å². The highest BCUT2D eigenvalue weighted by molar-refractivity contribution is 5.84. The fourth-order valence-corrected chi connectivity index (χ4v) is 4.07. The molecule has 1 saturated carbocycles. The molecule has 10 heteroatoms. The summed E-state index contributed by atoms with van der Waals surface area (Å²) < 4.78 is 55.8. The summed E-state index contributed by atoms with van der Waals surface area (Å²) in [6, 6.07) is 4.35. The third kappa shape index (κ3) is 4.67. The number of nitrogens with zero attached hydrogens (tertiary/aromatic N) is 3. The maximum atomic E-state index is 14.5. The molecule has 2 aromatic rings. The van der Waals surface area contributed by atoms with Gasteiger partial charge in [0.05, 0.1) is 23.4 Å². The SMILES string of the molecule is CN1CC[C@@H](Nc2cccc3c(CC(F)(F)F)c(C#CCC4(C(N)=O)CC4)nn23)[C@@H](F)C1. The van der Waals surface area contributed by atoms with Gasteiger partial charge in [0.25, 0.3) is 0 Å². The number of nitrogens with two attached hydrogens (primary N) is 1. The summed E-state index contributed by atoms with van der Waals surface area (Å²) >= 11 is 0. The molecule has 0 unspecified atom stereocenters. The molecule has 3 heterocycles. The lowest BCUT2D eigenvalue weighted by molar-refractivity contribution is -0.127. The van der Waals surface area contributed by atoms with Crippen molar-refractivity contribution in [3.8, 4) is 11.8 Å². The van der Waals surface area contributed by atoms with Crippen LogP contribution in [0.3, 0.4) is 0 Å². The van der Waals surface area contributed by atoms with E-state index in [1.165, 1.54) is 10.6 Å². The monoisotopic (exact) mass is 451 g/mol. The molecule has 2 aromatic heterocycles. The first kappa shape index (κ1) is 22.4. The van der Waals surface area contributed by atoms with Crippen LogP contribution < -0.4 is 11.1 Å². The van der Waals surface area contributed by atoms with Crippen molar-refractivity contribution in [1.29, 1.82) is 0 Å². The number of carbonyl (C=O) groups is 1. The molecule has 2 atom stereocenters. The Morgan fingerprint density at radius 3 is 2.75 bits per heavy atom. The van der Waals surface area contributed by atoms with E-state index in [4.69, 9.17) is 5.73 Å². The van der Waals surface area contributed by atoms with Gasteiger partial charge in [0.15, 0.2) is 0 Å². The van der Waals surface area contributed by atoms with Crippen molar-refractivity contribution in [2.24, 2.45) is 11.1 Å². The van der Waals surface area contributed by atoms with E-state index in [-0.39, 0.29) is 29.7 Å². The number of carbonyl (C=O) groups excluding carboxylic acids is 1. The predicted octanol–water partition coefficient (Wildman–Crippen LogP) is 2.90. The number of hydrogen-bond acceptors (Lipinski definition) is 4. The number of piperidine rings is 1. The molecule has 2 fully saturated rings. The van der Waals surface area contributed by atoms with Gasteiger partial charge in [0.1, 0.15) is 17.7 Å². The summed E-state index contributed by atoms with van der Waals surface area (Å²) in [7, 11) is 1.84. The number of primary amides is 1. The molecule has 0 spiro atoms. The zero-order chi connectivity index (χ0) is 23.1. The third-order valence-corrected chi connectivity index (χ3v) is 6.22. The molecule has 172 valence electrons. The minimum Gasteiger partial charge on any atom is -0.369 e. The standard InChI is InChI=1S/C22H25F4N5O/c1-30-11-7-17(15(23)13-30)28-19-6-2-5-18-14(12-22(24,25)26)16(29-31(18)19)4-3-8-21(9-10-21)20(27)32/h2,5-6,15,17,28H,7-13H2,1H3,(H2,27,32)/t15-,17+/m0/s1. The van der Waals surface area contributed by atoms with Gasteiger partial charge >= 0.3 is 6.18 Å². The third-order valence-electron chi connectivity index (χ3n) is 6.22. The second-order valence-corrected chi connectivity index (χ2v) is 8.77. The number of aromatic nitrogens is 2.